The summed E-state index contributed by atoms with van der Waals surface area (Å²) < 4.78 is 0. The van der Waals surface area contributed by atoms with Crippen LogP contribution in [0.25, 0.3) is 16.7 Å². The number of allylic oxidation sites excluding steroid dienone is 2. The second-order valence-electron chi connectivity index (χ2n) is 12.9. The molecule has 0 aliphatic heterocycles. The summed E-state index contributed by atoms with van der Waals surface area (Å²) in [6, 6.07) is 25.2. The molecule has 0 spiro atoms. The molecule has 1 N–H and O–H groups in total. The standard InChI is InChI=1S/C35H42OSi.2ClH.Ti/c1-9-37(10-2)30-19-22-13-11-12-14-25(22)32(33(30)36)31-26-17-15-23(34(3,4)5)20-28(26)29-21-24(35(6,7)8)16-18-27(29)31;;;/h11-18,20-21,31,36H,9-10,19H2,1-8H3;2*1H;/q;;;+2/p-2. The second kappa shape index (κ2) is 12.8. The van der Waals surface area contributed by atoms with E-state index in [4.69, 9.17) is 0 Å². The molecule has 0 heterocycles. The molecule has 5 rings (SSSR count). The van der Waals surface area contributed by atoms with Crippen LogP contribution in [0.5, 0.6) is 0 Å². The molecule has 0 atom stereocenters. The largest absolute Gasteiger partial charge is 2.00 e. The maximum atomic E-state index is 12.1. The smallest absolute Gasteiger partial charge is 1.00 e. The van der Waals surface area contributed by atoms with Gasteiger partial charge in [0.1, 0.15) is 5.76 Å². The maximum Gasteiger partial charge on any atom is 2.00 e. The zero-order valence-corrected chi connectivity index (χ0v) is 29.2. The van der Waals surface area contributed by atoms with Gasteiger partial charge in [0.05, 0.1) is 0 Å². The third-order valence-electron chi connectivity index (χ3n) is 8.54. The molecule has 0 amide bonds. The van der Waals surface area contributed by atoms with Crippen molar-refractivity contribution in [1.29, 1.82) is 0 Å². The van der Waals surface area contributed by atoms with Gasteiger partial charge in [-0.25, -0.2) is 0 Å². The van der Waals surface area contributed by atoms with Gasteiger partial charge in [-0.2, -0.15) is 0 Å². The monoisotopic (exact) mass is 624 g/mol. The van der Waals surface area contributed by atoms with Gasteiger partial charge in [-0.3, -0.25) is 0 Å². The van der Waals surface area contributed by atoms with Crippen molar-refractivity contribution >= 4 is 19.2 Å². The molecule has 40 heavy (non-hydrogen) atoms. The summed E-state index contributed by atoms with van der Waals surface area (Å²) in [5.74, 6) is 0.626. The topological polar surface area (TPSA) is 20.2 Å². The van der Waals surface area contributed by atoms with Crippen LogP contribution < -0.4 is 24.8 Å². The van der Waals surface area contributed by atoms with Crippen molar-refractivity contribution in [2.75, 3.05) is 0 Å². The molecule has 1 nitrogen and oxygen atoms in total. The van der Waals surface area contributed by atoms with Crippen LogP contribution in [0.15, 0.2) is 66.4 Å². The summed E-state index contributed by atoms with van der Waals surface area (Å²) in [5.41, 5.74) is 11.9. The fourth-order valence-electron chi connectivity index (χ4n) is 6.26. The molecule has 210 valence electrons. The van der Waals surface area contributed by atoms with Crippen LogP contribution in [0.2, 0.25) is 12.1 Å². The number of hydrogen-bond donors (Lipinski definition) is 1. The van der Waals surface area contributed by atoms with Gasteiger partial charge < -0.3 is 29.9 Å². The van der Waals surface area contributed by atoms with E-state index in [-0.39, 0.29) is 63.3 Å². The number of halogens is 2. The van der Waals surface area contributed by atoms with E-state index in [0.29, 0.717) is 5.76 Å². The molecule has 5 heteroatoms. The van der Waals surface area contributed by atoms with Crippen LogP contribution in [0.1, 0.15) is 94.7 Å². The first-order valence-corrected chi connectivity index (χ1v) is 15.9. The predicted octanol–water partition coefficient (Wildman–Crippen LogP) is 3.21. The van der Waals surface area contributed by atoms with Crippen LogP contribution in [0.4, 0.5) is 0 Å². The Kier molecular flexibility index (Phi) is 11.2. The Labute approximate surface area is 270 Å². The minimum atomic E-state index is -0.772. The molecule has 2 aliphatic rings. The van der Waals surface area contributed by atoms with Crippen LogP contribution in [-0.4, -0.2) is 18.7 Å². The molecule has 0 saturated carbocycles. The molecule has 3 aromatic carbocycles. The molecule has 0 fully saturated rings. The quantitative estimate of drug-likeness (QED) is 0.444. The van der Waals surface area contributed by atoms with Crippen LogP contribution in [-0.2, 0) is 39.0 Å². The van der Waals surface area contributed by atoms with Gasteiger partial charge in [0.25, 0.3) is 0 Å². The zero-order valence-electron chi connectivity index (χ0n) is 25.2. The van der Waals surface area contributed by atoms with E-state index in [2.05, 4.69) is 116 Å². The normalized spacial score (nSPS) is 14.3. The second-order valence-corrected chi connectivity index (χ2v) is 16.1. The molecule has 0 unspecified atom stereocenters. The zero-order chi connectivity index (χ0) is 26.7. The molecular weight excluding hydrogens is 583 g/mol. The van der Waals surface area contributed by atoms with E-state index in [1.807, 2.05) is 0 Å². The summed E-state index contributed by atoms with van der Waals surface area (Å²) in [4.78, 5) is 0. The van der Waals surface area contributed by atoms with E-state index >= 15 is 0 Å². The molecule has 0 bridgehead atoms. The summed E-state index contributed by atoms with van der Waals surface area (Å²) in [7, 11) is -0.772. The van der Waals surface area contributed by atoms with E-state index in [1.54, 1.807) is 0 Å². The Hall–Kier alpha value is -1.42. The Bertz CT molecular complexity index is 1390. The van der Waals surface area contributed by atoms with E-state index in [0.717, 1.165) is 24.1 Å². The Morgan fingerprint density at radius 2 is 1.20 bits per heavy atom. The van der Waals surface area contributed by atoms with E-state index < -0.39 is 8.41 Å². The molecule has 0 saturated heterocycles. The van der Waals surface area contributed by atoms with Crippen molar-refractivity contribution in [2.45, 2.75) is 90.6 Å². The van der Waals surface area contributed by atoms with Crippen molar-refractivity contribution in [2.24, 2.45) is 0 Å². The Morgan fingerprint density at radius 3 is 1.65 bits per heavy atom. The van der Waals surface area contributed by atoms with Gasteiger partial charge in [0.15, 0.2) is 0 Å². The number of aliphatic hydroxyl groups is 1. The first-order chi connectivity index (χ1) is 17.5. The fraction of sp³-hybridized carbons (Fsp3) is 0.400. The molecular formula is C35H42Cl2OSiTi. The first kappa shape index (κ1) is 34.8. The average molecular weight is 626 g/mol. The maximum absolute atomic E-state index is 12.1. The van der Waals surface area contributed by atoms with E-state index in [1.165, 1.54) is 49.7 Å². The van der Waals surface area contributed by atoms with E-state index in [9.17, 15) is 5.11 Å². The van der Waals surface area contributed by atoms with Crippen molar-refractivity contribution in [3.05, 3.63) is 99.8 Å². The molecule has 2 aliphatic carbocycles. The van der Waals surface area contributed by atoms with Crippen molar-refractivity contribution < 1.29 is 51.6 Å². The molecule has 0 aromatic heterocycles. The number of rotatable bonds is 3. The van der Waals surface area contributed by atoms with Gasteiger partial charge in [0, 0.05) is 19.9 Å². The number of hydrogen-bond acceptors (Lipinski definition) is 1. The van der Waals surface area contributed by atoms with Crippen LogP contribution >= 0.6 is 0 Å². The van der Waals surface area contributed by atoms with Gasteiger partial charge in [-0.05, 0) is 79.0 Å². The number of fused-ring (bicyclic) bond motifs is 4. The minimum Gasteiger partial charge on any atom is -1.00 e. The van der Waals surface area contributed by atoms with Crippen LogP contribution in [0, 0.1) is 0 Å². The van der Waals surface area contributed by atoms with Gasteiger partial charge in [0.2, 0.25) is 0 Å². The SMILES string of the molecule is CC[Si](CC)=C1Cc2ccccc2C(C2c3ccc(C(C)(C)C)cc3-c3cc(C(C)(C)C)ccc32)=C1O.[Cl-].[Cl-].[Ti+2]. The predicted molar refractivity (Wildman–Crippen MR) is 163 cm³/mol. The summed E-state index contributed by atoms with van der Waals surface area (Å²) in [6.45, 7) is 18.3. The third kappa shape index (κ3) is 6.04. The fourth-order valence-corrected chi connectivity index (χ4v) is 8.52. The Balaban J connectivity index is 0.00000187. The average Bonchev–Trinajstić information content (AvgIpc) is 3.17. The Morgan fingerprint density at radius 1 is 0.725 bits per heavy atom. The molecule has 0 radical (unpaired) electrons. The van der Waals surface area contributed by atoms with Gasteiger partial charge >= 0.3 is 21.7 Å². The number of aliphatic hydroxyl groups excluding tert-OH is 1. The number of benzene rings is 3. The van der Waals surface area contributed by atoms with Crippen molar-refractivity contribution in [1.82, 2.24) is 0 Å². The summed E-state index contributed by atoms with van der Waals surface area (Å²) >= 11 is 0. The summed E-state index contributed by atoms with van der Waals surface area (Å²) in [6.07, 6.45) is 0.889. The summed E-state index contributed by atoms with van der Waals surface area (Å²) in [5, 5.41) is 13.4. The van der Waals surface area contributed by atoms with Crippen molar-refractivity contribution in [3.8, 4) is 11.1 Å². The van der Waals surface area contributed by atoms with Crippen LogP contribution in [0.3, 0.4) is 0 Å². The van der Waals surface area contributed by atoms with Gasteiger partial charge in [-0.15, -0.1) is 0 Å². The molecule has 3 aromatic rings. The first-order valence-electron chi connectivity index (χ1n) is 14.0. The van der Waals surface area contributed by atoms with Crippen molar-refractivity contribution in [3.63, 3.8) is 0 Å². The minimum absolute atomic E-state index is 0. The third-order valence-corrected chi connectivity index (χ3v) is 11.5. The van der Waals surface area contributed by atoms with Gasteiger partial charge in [-0.1, -0.05) is 116 Å².